The van der Waals surface area contributed by atoms with Crippen molar-refractivity contribution >= 4 is 31.9 Å². The fourth-order valence-electron chi connectivity index (χ4n) is 1.75. The summed E-state index contributed by atoms with van der Waals surface area (Å²) in [5.74, 6) is 0. The minimum absolute atomic E-state index is 0.170. The molecule has 0 radical (unpaired) electrons. The van der Waals surface area contributed by atoms with Crippen molar-refractivity contribution < 1.29 is 5.11 Å². The summed E-state index contributed by atoms with van der Waals surface area (Å²) < 4.78 is 3.35. The number of hydrogen-bond acceptors (Lipinski definition) is 3. The van der Waals surface area contributed by atoms with Crippen LogP contribution < -0.4 is 0 Å². The summed E-state index contributed by atoms with van der Waals surface area (Å²) in [6.07, 6.45) is 2.53. The van der Waals surface area contributed by atoms with E-state index in [1.807, 2.05) is 26.0 Å². The predicted molar refractivity (Wildman–Crippen MR) is 76.3 cm³/mol. The second-order valence-electron chi connectivity index (χ2n) is 4.19. The van der Waals surface area contributed by atoms with Crippen molar-refractivity contribution in [1.82, 2.24) is 14.8 Å². The summed E-state index contributed by atoms with van der Waals surface area (Å²) >= 11 is 6.82. The zero-order valence-corrected chi connectivity index (χ0v) is 13.2. The van der Waals surface area contributed by atoms with E-state index in [1.54, 1.807) is 17.1 Å². The van der Waals surface area contributed by atoms with Gasteiger partial charge in [0, 0.05) is 16.7 Å². The van der Waals surface area contributed by atoms with Gasteiger partial charge >= 0.3 is 0 Å². The van der Waals surface area contributed by atoms with Crippen LogP contribution in [-0.4, -0.2) is 19.9 Å². The summed E-state index contributed by atoms with van der Waals surface area (Å²) in [5.41, 5.74) is 1.30. The first kappa shape index (κ1) is 13.7. The Kier molecular flexibility index (Phi) is 4.19. The van der Waals surface area contributed by atoms with Gasteiger partial charge in [-0.1, -0.05) is 0 Å². The summed E-state index contributed by atoms with van der Waals surface area (Å²) in [5, 5.41) is 14.7. The van der Waals surface area contributed by atoms with Crippen molar-refractivity contribution in [2.45, 2.75) is 26.0 Å². The Bertz CT molecular complexity index is 554. The molecule has 6 heteroatoms. The molecule has 0 aromatic carbocycles. The molecule has 2 rings (SSSR count). The van der Waals surface area contributed by atoms with E-state index >= 15 is 0 Å². The Labute approximate surface area is 122 Å². The molecule has 0 fully saturated rings. The van der Waals surface area contributed by atoms with E-state index in [0.717, 1.165) is 8.95 Å². The van der Waals surface area contributed by atoms with Crippen LogP contribution in [0.5, 0.6) is 0 Å². The quantitative estimate of drug-likeness (QED) is 0.894. The molecule has 1 N–H and O–H groups in total. The van der Waals surface area contributed by atoms with Gasteiger partial charge in [0.05, 0.1) is 22.1 Å². The van der Waals surface area contributed by atoms with E-state index in [9.17, 15) is 5.11 Å². The van der Waals surface area contributed by atoms with Gasteiger partial charge in [-0.15, -0.1) is 0 Å². The number of aliphatic hydroxyl groups is 1. The molecular formula is C12H13Br2N3O. The fraction of sp³-hybridized carbons (Fsp3) is 0.333. The normalized spacial score (nSPS) is 13.0. The van der Waals surface area contributed by atoms with Crippen molar-refractivity contribution in [2.75, 3.05) is 0 Å². The molecule has 1 unspecified atom stereocenters. The molecule has 0 saturated carbocycles. The van der Waals surface area contributed by atoms with Gasteiger partial charge in [0.15, 0.2) is 0 Å². The maximum atomic E-state index is 10.5. The Morgan fingerprint density at radius 2 is 2.00 bits per heavy atom. The molecular weight excluding hydrogens is 362 g/mol. The topological polar surface area (TPSA) is 50.9 Å². The lowest BCUT2D eigenvalue weighted by atomic mass is 10.1. The molecule has 2 aromatic heterocycles. The number of rotatable bonds is 3. The van der Waals surface area contributed by atoms with Gasteiger partial charge in [-0.05, 0) is 57.8 Å². The highest BCUT2D eigenvalue weighted by Gasteiger charge is 2.23. The van der Waals surface area contributed by atoms with Gasteiger partial charge < -0.3 is 5.11 Å². The monoisotopic (exact) mass is 373 g/mol. The van der Waals surface area contributed by atoms with Crippen LogP contribution in [0.4, 0.5) is 0 Å². The third kappa shape index (κ3) is 2.50. The zero-order chi connectivity index (χ0) is 13.3. The minimum Gasteiger partial charge on any atom is -0.380 e. The van der Waals surface area contributed by atoms with E-state index < -0.39 is 6.10 Å². The SMILES string of the molecule is CC(C)n1ncc(Br)c1C(O)c1ncccc1Br. The van der Waals surface area contributed by atoms with Crippen molar-refractivity contribution in [2.24, 2.45) is 0 Å². The first-order chi connectivity index (χ1) is 8.52. The van der Waals surface area contributed by atoms with Gasteiger partial charge in [-0.2, -0.15) is 5.10 Å². The highest BCUT2D eigenvalue weighted by Crippen LogP contribution is 2.32. The van der Waals surface area contributed by atoms with Gasteiger partial charge in [-0.25, -0.2) is 0 Å². The zero-order valence-electron chi connectivity index (χ0n) is 10.0. The third-order valence-electron chi connectivity index (χ3n) is 2.58. The first-order valence-corrected chi connectivity index (χ1v) is 7.12. The van der Waals surface area contributed by atoms with Gasteiger partial charge in [0.2, 0.25) is 0 Å². The van der Waals surface area contributed by atoms with E-state index in [-0.39, 0.29) is 6.04 Å². The second kappa shape index (κ2) is 5.50. The van der Waals surface area contributed by atoms with Crippen molar-refractivity contribution in [3.8, 4) is 0 Å². The molecule has 2 heterocycles. The van der Waals surface area contributed by atoms with Crippen molar-refractivity contribution in [3.05, 3.63) is 44.9 Å². The molecule has 0 aliphatic heterocycles. The van der Waals surface area contributed by atoms with Crippen LogP contribution in [0.25, 0.3) is 0 Å². The lowest BCUT2D eigenvalue weighted by Crippen LogP contribution is -2.13. The minimum atomic E-state index is -0.820. The molecule has 0 spiro atoms. The number of aromatic nitrogens is 3. The molecule has 0 aliphatic carbocycles. The number of hydrogen-bond donors (Lipinski definition) is 1. The Balaban J connectivity index is 2.49. The first-order valence-electron chi connectivity index (χ1n) is 5.53. The number of pyridine rings is 1. The summed E-state index contributed by atoms with van der Waals surface area (Å²) in [4.78, 5) is 4.22. The molecule has 0 amide bonds. The van der Waals surface area contributed by atoms with E-state index in [0.29, 0.717) is 11.4 Å². The molecule has 96 valence electrons. The Morgan fingerprint density at radius 3 is 2.61 bits per heavy atom. The third-order valence-corrected chi connectivity index (χ3v) is 3.86. The number of halogens is 2. The van der Waals surface area contributed by atoms with E-state index in [2.05, 4.69) is 41.9 Å². The number of aliphatic hydroxyl groups excluding tert-OH is 1. The molecule has 4 nitrogen and oxygen atoms in total. The summed E-state index contributed by atoms with van der Waals surface area (Å²) in [6.45, 7) is 4.03. The van der Waals surface area contributed by atoms with Crippen LogP contribution in [-0.2, 0) is 0 Å². The van der Waals surface area contributed by atoms with Crippen LogP contribution >= 0.6 is 31.9 Å². The smallest absolute Gasteiger partial charge is 0.140 e. The maximum Gasteiger partial charge on any atom is 0.140 e. The van der Waals surface area contributed by atoms with Crippen LogP contribution in [0, 0.1) is 0 Å². The van der Waals surface area contributed by atoms with Crippen LogP contribution in [0.15, 0.2) is 33.5 Å². The molecule has 0 aliphatic rings. The van der Waals surface area contributed by atoms with E-state index in [4.69, 9.17) is 0 Å². The van der Waals surface area contributed by atoms with Crippen molar-refractivity contribution in [1.29, 1.82) is 0 Å². The summed E-state index contributed by atoms with van der Waals surface area (Å²) in [7, 11) is 0. The van der Waals surface area contributed by atoms with Gasteiger partial charge in [0.25, 0.3) is 0 Å². The maximum absolute atomic E-state index is 10.5. The second-order valence-corrected chi connectivity index (χ2v) is 5.90. The van der Waals surface area contributed by atoms with Crippen LogP contribution in [0.2, 0.25) is 0 Å². The van der Waals surface area contributed by atoms with Gasteiger partial charge in [0.1, 0.15) is 6.10 Å². The predicted octanol–water partition coefficient (Wildman–Crippen LogP) is 3.47. The number of nitrogens with zero attached hydrogens (tertiary/aromatic N) is 3. The molecule has 0 bridgehead atoms. The largest absolute Gasteiger partial charge is 0.380 e. The molecule has 0 saturated heterocycles. The van der Waals surface area contributed by atoms with Crippen molar-refractivity contribution in [3.63, 3.8) is 0 Å². The van der Waals surface area contributed by atoms with Crippen LogP contribution in [0.3, 0.4) is 0 Å². The average molecular weight is 375 g/mol. The average Bonchev–Trinajstić information content (AvgIpc) is 2.71. The Morgan fingerprint density at radius 1 is 1.28 bits per heavy atom. The lowest BCUT2D eigenvalue weighted by molar-refractivity contribution is 0.198. The standard InChI is InChI=1S/C12H13Br2N3O/c1-7(2)17-11(9(14)6-16-17)12(18)10-8(13)4-3-5-15-10/h3-7,12,18H,1-2H3. The Hall–Kier alpha value is -0.720. The summed E-state index contributed by atoms with van der Waals surface area (Å²) in [6, 6.07) is 3.84. The highest BCUT2D eigenvalue weighted by atomic mass is 79.9. The van der Waals surface area contributed by atoms with Crippen LogP contribution in [0.1, 0.15) is 37.4 Å². The molecule has 18 heavy (non-hydrogen) atoms. The molecule has 1 atom stereocenters. The lowest BCUT2D eigenvalue weighted by Gasteiger charge is -2.17. The molecule has 2 aromatic rings. The van der Waals surface area contributed by atoms with E-state index in [1.165, 1.54) is 0 Å². The fourth-order valence-corrected chi connectivity index (χ4v) is 2.71. The van der Waals surface area contributed by atoms with Gasteiger partial charge in [-0.3, -0.25) is 9.67 Å². The highest BCUT2D eigenvalue weighted by molar-refractivity contribution is 9.10.